The van der Waals surface area contributed by atoms with Gasteiger partial charge >= 0.3 is 0 Å². The number of carbonyl (C=O) groups excluding carboxylic acids is 1. The predicted molar refractivity (Wildman–Crippen MR) is 64.1 cm³/mol. The maximum Gasteiger partial charge on any atom is 0.237 e. The van der Waals surface area contributed by atoms with Gasteiger partial charge in [-0.1, -0.05) is 18.2 Å². The van der Waals surface area contributed by atoms with E-state index in [4.69, 9.17) is 0 Å². The van der Waals surface area contributed by atoms with Gasteiger partial charge in [0.25, 0.3) is 0 Å². The van der Waals surface area contributed by atoms with Crippen molar-refractivity contribution in [1.82, 2.24) is 10.6 Å². The molecule has 0 aromatic heterocycles. The topological polar surface area (TPSA) is 41.1 Å². The molecular weight excluding hydrogens is 219 g/mol. The van der Waals surface area contributed by atoms with Crippen molar-refractivity contribution in [3.63, 3.8) is 0 Å². The van der Waals surface area contributed by atoms with Crippen LogP contribution in [0.2, 0.25) is 0 Å². The number of carbonyl (C=O) groups is 1. The Morgan fingerprint density at radius 2 is 2.29 bits per heavy atom. The molecular formula is C13H17FN2O. The van der Waals surface area contributed by atoms with E-state index in [1.54, 1.807) is 18.2 Å². The van der Waals surface area contributed by atoms with Gasteiger partial charge in [0.05, 0.1) is 6.04 Å². The highest BCUT2D eigenvalue weighted by Gasteiger charge is 2.21. The maximum atomic E-state index is 13.3. The van der Waals surface area contributed by atoms with Gasteiger partial charge in [0.1, 0.15) is 5.82 Å². The molecule has 3 nitrogen and oxygen atoms in total. The number of halogens is 1. The van der Waals surface area contributed by atoms with Crippen LogP contribution in [-0.2, 0) is 11.2 Å². The molecule has 2 rings (SSSR count). The van der Waals surface area contributed by atoms with E-state index in [0.717, 1.165) is 19.4 Å². The highest BCUT2D eigenvalue weighted by atomic mass is 19.1. The second kappa shape index (κ2) is 5.77. The first kappa shape index (κ1) is 12.0. The summed E-state index contributed by atoms with van der Waals surface area (Å²) in [5.74, 6) is -0.181. The van der Waals surface area contributed by atoms with Crippen LogP contribution in [0.3, 0.4) is 0 Å². The first-order valence-electron chi connectivity index (χ1n) is 6.02. The van der Waals surface area contributed by atoms with Gasteiger partial charge < -0.3 is 10.6 Å². The Labute approximate surface area is 100 Å². The van der Waals surface area contributed by atoms with Crippen LogP contribution in [0.1, 0.15) is 18.4 Å². The lowest BCUT2D eigenvalue weighted by Gasteiger charge is -2.11. The summed E-state index contributed by atoms with van der Waals surface area (Å²) >= 11 is 0. The normalized spacial score (nSPS) is 19.2. The van der Waals surface area contributed by atoms with Crippen molar-refractivity contribution < 1.29 is 9.18 Å². The first-order chi connectivity index (χ1) is 8.27. The lowest BCUT2D eigenvalue weighted by molar-refractivity contribution is -0.122. The molecule has 1 aromatic carbocycles. The van der Waals surface area contributed by atoms with Gasteiger partial charge in [-0.25, -0.2) is 4.39 Å². The van der Waals surface area contributed by atoms with Crippen LogP contribution in [0.25, 0.3) is 0 Å². The van der Waals surface area contributed by atoms with Gasteiger partial charge in [-0.05, 0) is 37.4 Å². The molecule has 1 atom stereocenters. The van der Waals surface area contributed by atoms with E-state index in [1.807, 2.05) is 0 Å². The summed E-state index contributed by atoms with van der Waals surface area (Å²) in [7, 11) is 0. The summed E-state index contributed by atoms with van der Waals surface area (Å²) in [6.45, 7) is 1.39. The maximum absolute atomic E-state index is 13.3. The third-order valence-corrected chi connectivity index (χ3v) is 3.03. The predicted octanol–water partition coefficient (Wildman–Crippen LogP) is 1.24. The van der Waals surface area contributed by atoms with Gasteiger partial charge in [0.15, 0.2) is 0 Å². The monoisotopic (exact) mass is 236 g/mol. The average Bonchev–Trinajstić information content (AvgIpc) is 2.85. The van der Waals surface area contributed by atoms with Crippen LogP contribution in [0.5, 0.6) is 0 Å². The number of rotatable bonds is 4. The molecule has 1 fully saturated rings. The van der Waals surface area contributed by atoms with Crippen molar-refractivity contribution >= 4 is 5.91 Å². The van der Waals surface area contributed by atoms with Crippen LogP contribution in [0.4, 0.5) is 4.39 Å². The Kier molecular flexibility index (Phi) is 4.09. The van der Waals surface area contributed by atoms with E-state index in [-0.39, 0.29) is 17.8 Å². The third-order valence-electron chi connectivity index (χ3n) is 3.03. The van der Waals surface area contributed by atoms with Crippen LogP contribution in [-0.4, -0.2) is 25.0 Å². The number of hydrogen-bond acceptors (Lipinski definition) is 2. The molecule has 0 unspecified atom stereocenters. The Balaban J connectivity index is 1.76. The van der Waals surface area contributed by atoms with E-state index in [1.165, 1.54) is 6.07 Å². The standard InChI is InChI=1S/C13H17FN2O/c14-11-5-2-1-4-10(11)7-9-16-13(17)12-6-3-8-15-12/h1-2,4-5,12,15H,3,6-9H2,(H,16,17)/t12-/m0/s1. The highest BCUT2D eigenvalue weighted by molar-refractivity contribution is 5.81. The SMILES string of the molecule is O=C(NCCc1ccccc1F)[C@@H]1CCCN1. The number of hydrogen-bond donors (Lipinski definition) is 2. The summed E-state index contributed by atoms with van der Waals surface area (Å²) in [5.41, 5.74) is 0.646. The molecule has 1 aliphatic heterocycles. The number of amides is 1. The van der Waals surface area contributed by atoms with Crippen molar-refractivity contribution in [2.75, 3.05) is 13.1 Å². The molecule has 1 saturated heterocycles. The van der Waals surface area contributed by atoms with Gasteiger partial charge in [-0.2, -0.15) is 0 Å². The molecule has 0 radical (unpaired) electrons. The largest absolute Gasteiger partial charge is 0.354 e. The molecule has 4 heteroatoms. The molecule has 1 heterocycles. The summed E-state index contributed by atoms with van der Waals surface area (Å²) in [6.07, 6.45) is 2.47. The molecule has 92 valence electrons. The lowest BCUT2D eigenvalue weighted by atomic mass is 10.1. The summed E-state index contributed by atoms with van der Waals surface area (Å²) in [4.78, 5) is 11.7. The van der Waals surface area contributed by atoms with Crippen molar-refractivity contribution in [3.05, 3.63) is 35.6 Å². The summed E-state index contributed by atoms with van der Waals surface area (Å²) in [5, 5.41) is 5.96. The van der Waals surface area contributed by atoms with Crippen molar-refractivity contribution in [2.24, 2.45) is 0 Å². The zero-order valence-electron chi connectivity index (χ0n) is 9.71. The molecule has 1 aromatic rings. The van der Waals surface area contributed by atoms with E-state index < -0.39 is 0 Å². The Morgan fingerprint density at radius 1 is 1.47 bits per heavy atom. The highest BCUT2D eigenvalue weighted by Crippen LogP contribution is 2.07. The van der Waals surface area contributed by atoms with Crippen molar-refractivity contribution in [3.8, 4) is 0 Å². The number of benzene rings is 1. The van der Waals surface area contributed by atoms with Gasteiger partial charge in [0, 0.05) is 6.54 Å². The Bertz CT molecular complexity index is 389. The fourth-order valence-electron chi connectivity index (χ4n) is 2.05. The Morgan fingerprint density at radius 3 is 3.00 bits per heavy atom. The van der Waals surface area contributed by atoms with Gasteiger partial charge in [-0.3, -0.25) is 4.79 Å². The van der Waals surface area contributed by atoms with Gasteiger partial charge in [0.2, 0.25) is 5.91 Å². The second-order valence-corrected chi connectivity index (χ2v) is 4.28. The first-order valence-corrected chi connectivity index (χ1v) is 6.02. The Hall–Kier alpha value is -1.42. The minimum Gasteiger partial charge on any atom is -0.354 e. The molecule has 0 aliphatic carbocycles. The minimum absolute atomic E-state index is 0.0267. The average molecular weight is 236 g/mol. The van der Waals surface area contributed by atoms with Crippen molar-refractivity contribution in [1.29, 1.82) is 0 Å². The summed E-state index contributed by atoms with van der Waals surface area (Å²) < 4.78 is 13.3. The van der Waals surface area contributed by atoms with Crippen LogP contribution >= 0.6 is 0 Å². The third kappa shape index (κ3) is 3.27. The quantitative estimate of drug-likeness (QED) is 0.825. The molecule has 1 amide bonds. The molecule has 1 aliphatic rings. The lowest BCUT2D eigenvalue weighted by Crippen LogP contribution is -2.41. The molecule has 0 spiro atoms. The minimum atomic E-state index is -0.208. The van der Waals surface area contributed by atoms with E-state index >= 15 is 0 Å². The van der Waals surface area contributed by atoms with Crippen LogP contribution in [0, 0.1) is 5.82 Å². The molecule has 17 heavy (non-hydrogen) atoms. The van der Waals surface area contributed by atoms with E-state index in [0.29, 0.717) is 18.5 Å². The van der Waals surface area contributed by atoms with Crippen LogP contribution < -0.4 is 10.6 Å². The summed E-state index contributed by atoms with van der Waals surface area (Å²) in [6, 6.07) is 6.60. The molecule has 0 bridgehead atoms. The van der Waals surface area contributed by atoms with Gasteiger partial charge in [-0.15, -0.1) is 0 Å². The van der Waals surface area contributed by atoms with E-state index in [2.05, 4.69) is 10.6 Å². The molecule has 2 N–H and O–H groups in total. The zero-order valence-corrected chi connectivity index (χ0v) is 9.71. The molecule has 0 saturated carbocycles. The second-order valence-electron chi connectivity index (χ2n) is 4.28. The fourth-order valence-corrected chi connectivity index (χ4v) is 2.05. The van der Waals surface area contributed by atoms with E-state index in [9.17, 15) is 9.18 Å². The zero-order chi connectivity index (χ0) is 12.1. The van der Waals surface area contributed by atoms with Crippen molar-refractivity contribution in [2.45, 2.75) is 25.3 Å². The smallest absolute Gasteiger partial charge is 0.237 e. The number of nitrogens with one attached hydrogen (secondary N) is 2. The van der Waals surface area contributed by atoms with Crippen LogP contribution in [0.15, 0.2) is 24.3 Å². The fraction of sp³-hybridized carbons (Fsp3) is 0.462.